The molecule has 2 heterocycles. The number of hydrogen-bond donors (Lipinski definition) is 1. The topological polar surface area (TPSA) is 28.2 Å². The molecule has 3 heteroatoms. The third-order valence-electron chi connectivity index (χ3n) is 4.20. The number of nitrogens with zero attached hydrogens (tertiary/aromatic N) is 2. The molecule has 1 N–H and O–H groups in total. The van der Waals surface area contributed by atoms with Gasteiger partial charge in [0.25, 0.3) is 0 Å². The van der Waals surface area contributed by atoms with E-state index in [2.05, 4.69) is 51.6 Å². The molecule has 2 aromatic rings. The van der Waals surface area contributed by atoms with Crippen LogP contribution in [-0.4, -0.2) is 36.1 Å². The van der Waals surface area contributed by atoms with Gasteiger partial charge in [-0.25, -0.2) is 0 Å². The van der Waals surface area contributed by atoms with Gasteiger partial charge in [-0.05, 0) is 36.1 Å². The van der Waals surface area contributed by atoms with Gasteiger partial charge in [0.1, 0.15) is 0 Å². The first-order valence-electron chi connectivity index (χ1n) is 7.79. The fraction of sp³-hybridized carbons (Fsp3) is 0.389. The first-order valence-corrected chi connectivity index (χ1v) is 7.79. The Balaban J connectivity index is 1.38. The summed E-state index contributed by atoms with van der Waals surface area (Å²) in [5, 5.41) is 3.50. The summed E-state index contributed by atoms with van der Waals surface area (Å²) in [4.78, 5) is 6.70. The van der Waals surface area contributed by atoms with Gasteiger partial charge in [0, 0.05) is 38.6 Å². The average molecular weight is 281 g/mol. The monoisotopic (exact) mass is 281 g/mol. The minimum Gasteiger partial charge on any atom is -0.311 e. The van der Waals surface area contributed by atoms with E-state index in [1.165, 1.54) is 30.6 Å². The highest BCUT2D eigenvalue weighted by atomic mass is 15.2. The molecule has 1 atom stereocenters. The first-order chi connectivity index (χ1) is 10.4. The summed E-state index contributed by atoms with van der Waals surface area (Å²) in [5.74, 6) is 0.713. The van der Waals surface area contributed by atoms with Crippen molar-refractivity contribution in [3.05, 3.63) is 66.0 Å². The molecule has 3 nitrogen and oxygen atoms in total. The van der Waals surface area contributed by atoms with Gasteiger partial charge in [-0.15, -0.1) is 0 Å². The Bertz CT molecular complexity index is 527. The normalized spacial score (nSPS) is 19.0. The second kappa shape index (κ2) is 7.34. The van der Waals surface area contributed by atoms with Gasteiger partial charge >= 0.3 is 0 Å². The lowest BCUT2D eigenvalue weighted by Gasteiger charge is -2.16. The fourth-order valence-electron chi connectivity index (χ4n) is 3.01. The maximum Gasteiger partial charge on any atom is 0.0312 e. The van der Waals surface area contributed by atoms with Crippen molar-refractivity contribution >= 4 is 0 Å². The number of benzene rings is 1. The van der Waals surface area contributed by atoms with Crippen molar-refractivity contribution in [2.45, 2.75) is 18.9 Å². The van der Waals surface area contributed by atoms with Gasteiger partial charge in [0.15, 0.2) is 0 Å². The van der Waals surface area contributed by atoms with Crippen LogP contribution >= 0.6 is 0 Å². The summed E-state index contributed by atoms with van der Waals surface area (Å²) in [6.45, 7) is 5.48. The van der Waals surface area contributed by atoms with Gasteiger partial charge in [-0.2, -0.15) is 0 Å². The third-order valence-corrected chi connectivity index (χ3v) is 4.20. The lowest BCUT2D eigenvalue weighted by atomic mass is 9.99. The highest BCUT2D eigenvalue weighted by molar-refractivity contribution is 5.21. The summed E-state index contributed by atoms with van der Waals surface area (Å²) in [7, 11) is 0. The zero-order chi connectivity index (χ0) is 14.3. The summed E-state index contributed by atoms with van der Waals surface area (Å²) >= 11 is 0. The number of pyridine rings is 1. The smallest absolute Gasteiger partial charge is 0.0312 e. The third kappa shape index (κ3) is 4.13. The molecule has 0 saturated carbocycles. The van der Waals surface area contributed by atoms with Gasteiger partial charge in [-0.1, -0.05) is 36.4 Å². The van der Waals surface area contributed by atoms with E-state index >= 15 is 0 Å². The lowest BCUT2D eigenvalue weighted by molar-refractivity contribution is 0.331. The maximum atomic E-state index is 4.13. The second-order valence-electron chi connectivity index (χ2n) is 5.73. The molecule has 1 fully saturated rings. The summed E-state index contributed by atoms with van der Waals surface area (Å²) in [5.41, 5.74) is 2.74. The molecule has 1 aromatic heterocycles. The predicted molar refractivity (Wildman–Crippen MR) is 86.2 cm³/mol. The molecular formula is C18H23N3. The minimum atomic E-state index is 0.713. The van der Waals surface area contributed by atoms with Crippen LogP contribution in [0.2, 0.25) is 0 Å². The number of nitrogens with one attached hydrogen (secondary N) is 1. The van der Waals surface area contributed by atoms with Crippen LogP contribution in [0.1, 0.15) is 23.5 Å². The van der Waals surface area contributed by atoms with E-state index in [1.54, 1.807) is 0 Å². The minimum absolute atomic E-state index is 0.713. The van der Waals surface area contributed by atoms with Crippen LogP contribution in [0.3, 0.4) is 0 Å². The van der Waals surface area contributed by atoms with Crippen LogP contribution in [0, 0.1) is 0 Å². The molecule has 0 amide bonds. The molecule has 1 unspecified atom stereocenters. The van der Waals surface area contributed by atoms with Crippen molar-refractivity contribution in [2.75, 3.05) is 26.2 Å². The summed E-state index contributed by atoms with van der Waals surface area (Å²) < 4.78 is 0. The molecule has 110 valence electrons. The highest BCUT2D eigenvalue weighted by Crippen LogP contribution is 2.26. The van der Waals surface area contributed by atoms with Crippen molar-refractivity contribution in [2.24, 2.45) is 0 Å². The Morgan fingerprint density at radius 2 is 2.05 bits per heavy atom. The van der Waals surface area contributed by atoms with Crippen molar-refractivity contribution in [1.29, 1.82) is 0 Å². The molecule has 1 aromatic carbocycles. The van der Waals surface area contributed by atoms with E-state index in [4.69, 9.17) is 0 Å². The molecule has 0 radical (unpaired) electrons. The molecule has 3 rings (SSSR count). The lowest BCUT2D eigenvalue weighted by Crippen LogP contribution is -2.30. The number of rotatable bonds is 6. The standard InChI is InChI=1S/C18H23N3/c1-2-6-17(7-3-1)18-8-11-21(15-18)12-10-20-14-16-5-4-9-19-13-16/h1-7,9,13,18,20H,8,10-12,14-15H2. The second-order valence-corrected chi connectivity index (χ2v) is 5.73. The van der Waals surface area contributed by atoms with Gasteiger partial charge in [0.05, 0.1) is 0 Å². The van der Waals surface area contributed by atoms with Crippen LogP contribution in [0.25, 0.3) is 0 Å². The number of likely N-dealkylation sites (tertiary alicyclic amines) is 1. The Hall–Kier alpha value is -1.71. The van der Waals surface area contributed by atoms with Crippen molar-refractivity contribution in [3.8, 4) is 0 Å². The average Bonchev–Trinajstić information content (AvgIpc) is 3.02. The Kier molecular flexibility index (Phi) is 4.98. The van der Waals surface area contributed by atoms with Crippen LogP contribution in [-0.2, 0) is 6.54 Å². The molecule has 0 aliphatic carbocycles. The molecule has 0 bridgehead atoms. The van der Waals surface area contributed by atoms with E-state index in [0.29, 0.717) is 5.92 Å². The summed E-state index contributed by atoms with van der Waals surface area (Å²) in [6.07, 6.45) is 5.03. The first kappa shape index (κ1) is 14.2. The van der Waals surface area contributed by atoms with Gasteiger partial charge < -0.3 is 10.2 Å². The van der Waals surface area contributed by atoms with E-state index in [-0.39, 0.29) is 0 Å². The maximum absolute atomic E-state index is 4.13. The van der Waals surface area contributed by atoms with E-state index in [0.717, 1.165) is 19.6 Å². The van der Waals surface area contributed by atoms with Gasteiger partial charge in [-0.3, -0.25) is 4.98 Å². The van der Waals surface area contributed by atoms with Crippen LogP contribution in [0.5, 0.6) is 0 Å². The summed E-state index contributed by atoms with van der Waals surface area (Å²) in [6, 6.07) is 15.0. The zero-order valence-corrected chi connectivity index (χ0v) is 12.4. The highest BCUT2D eigenvalue weighted by Gasteiger charge is 2.22. The number of aromatic nitrogens is 1. The van der Waals surface area contributed by atoms with Crippen LogP contribution in [0.4, 0.5) is 0 Å². The molecule has 1 saturated heterocycles. The number of hydrogen-bond acceptors (Lipinski definition) is 3. The van der Waals surface area contributed by atoms with Crippen molar-refractivity contribution in [3.63, 3.8) is 0 Å². The Labute approximate surface area is 127 Å². The fourth-order valence-corrected chi connectivity index (χ4v) is 3.01. The molecular weight excluding hydrogens is 258 g/mol. The molecule has 21 heavy (non-hydrogen) atoms. The van der Waals surface area contributed by atoms with Gasteiger partial charge in [0.2, 0.25) is 0 Å². The Morgan fingerprint density at radius 3 is 2.86 bits per heavy atom. The largest absolute Gasteiger partial charge is 0.311 e. The van der Waals surface area contributed by atoms with E-state index in [9.17, 15) is 0 Å². The molecule has 0 spiro atoms. The van der Waals surface area contributed by atoms with Crippen LogP contribution in [0.15, 0.2) is 54.9 Å². The quantitative estimate of drug-likeness (QED) is 0.825. The van der Waals surface area contributed by atoms with Crippen LogP contribution < -0.4 is 5.32 Å². The van der Waals surface area contributed by atoms with E-state index < -0.39 is 0 Å². The molecule has 1 aliphatic rings. The Morgan fingerprint density at radius 1 is 1.14 bits per heavy atom. The SMILES string of the molecule is c1ccc(C2CCN(CCNCc3cccnc3)C2)cc1. The predicted octanol–water partition coefficient (Wildman–Crippen LogP) is 2.66. The van der Waals surface area contributed by atoms with Crippen molar-refractivity contribution in [1.82, 2.24) is 15.2 Å². The zero-order valence-electron chi connectivity index (χ0n) is 12.4. The molecule has 1 aliphatic heterocycles. The van der Waals surface area contributed by atoms with E-state index in [1.807, 2.05) is 18.5 Å². The van der Waals surface area contributed by atoms with Crippen molar-refractivity contribution < 1.29 is 0 Å².